The number of rotatable bonds is 10. The molecular weight excluding hydrogens is 441 g/mol. The van der Waals surface area contributed by atoms with Gasteiger partial charge >= 0.3 is 6.09 Å². The molecule has 0 saturated carbocycles. The average molecular weight is 472 g/mol. The van der Waals surface area contributed by atoms with Crippen LogP contribution in [0.3, 0.4) is 0 Å². The third-order valence-electron chi connectivity index (χ3n) is 5.50. The van der Waals surface area contributed by atoms with Crippen LogP contribution >= 0.6 is 0 Å². The maximum atomic E-state index is 14.9. The van der Waals surface area contributed by atoms with Crippen LogP contribution in [0.5, 0.6) is 0 Å². The Balaban J connectivity index is 1.61. The number of cyclic esters (lactones) is 1. The standard InChI is InChI=1S/C24H30FN5O4/c1-15(31)28-13-19-14-30(24(33)34-19)18-8-9-20(21(25)11-18)17-6-4-16(5-7-17)12-29-23(32)22(27)3-2-10-26/h4-9,11,19,22H,2-3,10,12-14,26-27H2,1H3,(H,28,31)(H,29,32)/t19-,22+/m0/s1. The Labute approximate surface area is 197 Å². The summed E-state index contributed by atoms with van der Waals surface area (Å²) in [5.74, 6) is -0.939. The highest BCUT2D eigenvalue weighted by atomic mass is 19.1. The van der Waals surface area contributed by atoms with Crippen molar-refractivity contribution >= 4 is 23.6 Å². The SMILES string of the molecule is CC(=O)NC[C@H]1CN(c2ccc(-c3ccc(CNC(=O)[C@H](N)CCCN)cc3)c(F)c2)C(=O)O1. The third kappa shape index (κ3) is 6.52. The minimum absolute atomic E-state index is 0.199. The topological polar surface area (TPSA) is 140 Å². The van der Waals surface area contributed by atoms with Crippen LogP contribution in [0.15, 0.2) is 42.5 Å². The first-order valence-corrected chi connectivity index (χ1v) is 11.1. The highest BCUT2D eigenvalue weighted by molar-refractivity contribution is 5.90. The molecular formula is C24H30FN5O4. The number of benzene rings is 2. The molecule has 1 aliphatic heterocycles. The summed E-state index contributed by atoms with van der Waals surface area (Å²) in [5, 5.41) is 5.39. The van der Waals surface area contributed by atoms with E-state index in [0.717, 1.165) is 5.56 Å². The van der Waals surface area contributed by atoms with E-state index in [1.54, 1.807) is 36.4 Å². The summed E-state index contributed by atoms with van der Waals surface area (Å²) in [7, 11) is 0. The van der Waals surface area contributed by atoms with Crippen molar-refractivity contribution in [3.8, 4) is 11.1 Å². The molecule has 0 unspecified atom stereocenters. The van der Waals surface area contributed by atoms with Crippen LogP contribution < -0.4 is 27.0 Å². The summed E-state index contributed by atoms with van der Waals surface area (Å²) in [5.41, 5.74) is 13.5. The average Bonchev–Trinajstić information content (AvgIpc) is 3.20. The molecule has 1 fully saturated rings. The predicted molar refractivity (Wildman–Crippen MR) is 126 cm³/mol. The van der Waals surface area contributed by atoms with Crippen LogP contribution in [-0.4, -0.2) is 49.7 Å². The number of nitrogens with zero attached hydrogens (tertiary/aromatic N) is 1. The van der Waals surface area contributed by atoms with E-state index >= 15 is 0 Å². The largest absolute Gasteiger partial charge is 0.442 e. The maximum absolute atomic E-state index is 14.9. The zero-order chi connectivity index (χ0) is 24.7. The fourth-order valence-corrected chi connectivity index (χ4v) is 3.59. The molecule has 3 rings (SSSR count). The van der Waals surface area contributed by atoms with E-state index < -0.39 is 24.1 Å². The summed E-state index contributed by atoms with van der Waals surface area (Å²) in [4.78, 5) is 36.6. The van der Waals surface area contributed by atoms with Gasteiger partial charge in [0.1, 0.15) is 11.9 Å². The van der Waals surface area contributed by atoms with Crippen molar-refractivity contribution in [1.82, 2.24) is 10.6 Å². The first-order chi connectivity index (χ1) is 16.3. The molecule has 34 heavy (non-hydrogen) atoms. The second kappa shape index (κ2) is 11.6. The maximum Gasteiger partial charge on any atom is 0.414 e. The zero-order valence-electron chi connectivity index (χ0n) is 19.1. The number of halogens is 1. The van der Waals surface area contributed by atoms with Crippen LogP contribution in [0.4, 0.5) is 14.9 Å². The first kappa shape index (κ1) is 25.1. The van der Waals surface area contributed by atoms with Crippen LogP contribution in [0.25, 0.3) is 11.1 Å². The molecule has 9 nitrogen and oxygen atoms in total. The van der Waals surface area contributed by atoms with Gasteiger partial charge in [0.05, 0.1) is 24.8 Å². The molecule has 1 heterocycles. The van der Waals surface area contributed by atoms with Crippen molar-refractivity contribution in [3.63, 3.8) is 0 Å². The lowest BCUT2D eigenvalue weighted by Gasteiger charge is -2.15. The monoisotopic (exact) mass is 471 g/mol. The van der Waals surface area contributed by atoms with Crippen LogP contribution in [0.2, 0.25) is 0 Å². The third-order valence-corrected chi connectivity index (χ3v) is 5.50. The lowest BCUT2D eigenvalue weighted by molar-refractivity contribution is -0.122. The molecule has 10 heteroatoms. The Morgan fingerprint density at radius 2 is 1.94 bits per heavy atom. The summed E-state index contributed by atoms with van der Waals surface area (Å²) < 4.78 is 20.1. The first-order valence-electron chi connectivity index (χ1n) is 11.1. The normalized spacial score (nSPS) is 16.2. The molecule has 2 aromatic carbocycles. The molecule has 1 aliphatic rings. The van der Waals surface area contributed by atoms with Gasteiger partial charge < -0.3 is 26.8 Å². The van der Waals surface area contributed by atoms with Gasteiger partial charge in [-0.25, -0.2) is 9.18 Å². The fraction of sp³-hybridized carbons (Fsp3) is 0.375. The molecule has 1 saturated heterocycles. The summed E-state index contributed by atoms with van der Waals surface area (Å²) in [6.07, 6.45) is 0.130. The van der Waals surface area contributed by atoms with Crippen LogP contribution in [-0.2, 0) is 20.9 Å². The number of carbonyl (C=O) groups excluding carboxylic acids is 3. The molecule has 3 amide bonds. The van der Waals surface area contributed by atoms with Crippen molar-refractivity contribution in [2.45, 2.75) is 38.5 Å². The lowest BCUT2D eigenvalue weighted by Crippen LogP contribution is -2.40. The minimum Gasteiger partial charge on any atom is -0.442 e. The van der Waals surface area contributed by atoms with Gasteiger partial charge in [0.25, 0.3) is 0 Å². The van der Waals surface area contributed by atoms with E-state index in [0.29, 0.717) is 42.7 Å². The molecule has 0 spiro atoms. The van der Waals surface area contributed by atoms with E-state index in [1.165, 1.54) is 17.9 Å². The van der Waals surface area contributed by atoms with Gasteiger partial charge in [-0.2, -0.15) is 0 Å². The number of anilines is 1. The van der Waals surface area contributed by atoms with Gasteiger partial charge in [0.15, 0.2) is 0 Å². The van der Waals surface area contributed by atoms with Gasteiger partial charge in [-0.15, -0.1) is 0 Å². The van der Waals surface area contributed by atoms with E-state index in [4.69, 9.17) is 16.2 Å². The van der Waals surface area contributed by atoms with Crippen molar-refractivity contribution in [3.05, 3.63) is 53.8 Å². The van der Waals surface area contributed by atoms with E-state index in [1.807, 2.05) is 0 Å². The van der Waals surface area contributed by atoms with Crippen LogP contribution in [0, 0.1) is 5.82 Å². The van der Waals surface area contributed by atoms with E-state index in [9.17, 15) is 18.8 Å². The quantitative estimate of drug-likeness (QED) is 0.415. The number of amides is 3. The van der Waals surface area contributed by atoms with Crippen molar-refractivity contribution in [1.29, 1.82) is 0 Å². The highest BCUT2D eigenvalue weighted by Crippen LogP contribution is 2.29. The fourth-order valence-electron chi connectivity index (χ4n) is 3.59. The Morgan fingerprint density at radius 1 is 1.21 bits per heavy atom. The Kier molecular flexibility index (Phi) is 8.55. The number of nitrogens with two attached hydrogens (primary N) is 2. The van der Waals surface area contributed by atoms with Gasteiger partial charge in [0, 0.05) is 19.0 Å². The summed E-state index contributed by atoms with van der Waals surface area (Å²) >= 11 is 0. The smallest absolute Gasteiger partial charge is 0.414 e. The molecule has 182 valence electrons. The number of hydrogen-bond acceptors (Lipinski definition) is 6. The Hall–Kier alpha value is -3.50. The van der Waals surface area contributed by atoms with Crippen LogP contribution in [0.1, 0.15) is 25.3 Å². The van der Waals surface area contributed by atoms with Gasteiger partial charge in [-0.05, 0) is 48.7 Å². The minimum atomic E-state index is -0.594. The second-order valence-electron chi connectivity index (χ2n) is 8.17. The zero-order valence-corrected chi connectivity index (χ0v) is 19.1. The lowest BCUT2D eigenvalue weighted by atomic mass is 10.0. The molecule has 2 aromatic rings. The second-order valence-corrected chi connectivity index (χ2v) is 8.17. The molecule has 0 aromatic heterocycles. The molecule has 2 atom stereocenters. The summed E-state index contributed by atoms with van der Waals surface area (Å²) in [6, 6.07) is 11.1. The van der Waals surface area contributed by atoms with Crippen molar-refractivity contribution < 1.29 is 23.5 Å². The Morgan fingerprint density at radius 3 is 2.59 bits per heavy atom. The number of hydrogen-bond donors (Lipinski definition) is 4. The Bertz CT molecular complexity index is 1030. The van der Waals surface area contributed by atoms with E-state index in [-0.39, 0.29) is 24.9 Å². The number of carbonyl (C=O) groups is 3. The van der Waals surface area contributed by atoms with Gasteiger partial charge in [-0.3, -0.25) is 14.5 Å². The van der Waals surface area contributed by atoms with Gasteiger partial charge in [0.2, 0.25) is 11.8 Å². The highest BCUT2D eigenvalue weighted by Gasteiger charge is 2.32. The predicted octanol–water partition coefficient (Wildman–Crippen LogP) is 1.64. The van der Waals surface area contributed by atoms with Crippen molar-refractivity contribution in [2.75, 3.05) is 24.5 Å². The number of nitrogens with one attached hydrogen (secondary N) is 2. The number of ether oxygens (including phenoxy) is 1. The molecule has 0 bridgehead atoms. The van der Waals surface area contributed by atoms with Crippen molar-refractivity contribution in [2.24, 2.45) is 11.5 Å². The van der Waals surface area contributed by atoms with E-state index in [2.05, 4.69) is 10.6 Å². The van der Waals surface area contributed by atoms with Gasteiger partial charge in [-0.1, -0.05) is 24.3 Å². The summed E-state index contributed by atoms with van der Waals surface area (Å²) in [6.45, 7) is 2.60. The molecule has 0 radical (unpaired) electrons. The molecule has 6 N–H and O–H groups in total. The molecule has 0 aliphatic carbocycles.